The van der Waals surface area contributed by atoms with Gasteiger partial charge in [0.2, 0.25) is 0 Å². The Bertz CT molecular complexity index is 211. The first kappa shape index (κ1) is 14.3. The Morgan fingerprint density at radius 1 is 1.22 bits per heavy atom. The van der Waals surface area contributed by atoms with Gasteiger partial charge in [0.25, 0.3) is 0 Å². The average molecular weight is 254 g/mol. The zero-order chi connectivity index (χ0) is 12.6. The van der Waals surface area contributed by atoms with Gasteiger partial charge in [0.1, 0.15) is 0 Å². The Labute approximate surface area is 112 Å². The molecule has 0 amide bonds. The van der Waals surface area contributed by atoms with Crippen LogP contribution in [0.15, 0.2) is 0 Å². The molecule has 0 aliphatic carbocycles. The normalized spacial score (nSPS) is 28.2. The molecule has 2 saturated heterocycles. The van der Waals surface area contributed by atoms with Crippen molar-refractivity contribution in [2.24, 2.45) is 11.8 Å². The molecule has 18 heavy (non-hydrogen) atoms. The highest BCUT2D eigenvalue weighted by Gasteiger charge is 2.15. The molecule has 2 fully saturated rings. The van der Waals surface area contributed by atoms with Crippen molar-refractivity contribution in [3.8, 4) is 0 Å². The van der Waals surface area contributed by atoms with Crippen LogP contribution in [-0.2, 0) is 4.74 Å². The Morgan fingerprint density at radius 3 is 2.78 bits per heavy atom. The van der Waals surface area contributed by atoms with Crippen LogP contribution >= 0.6 is 0 Å². The number of hydrogen-bond donors (Lipinski definition) is 1. The third kappa shape index (κ3) is 5.25. The maximum atomic E-state index is 5.51. The first-order chi connectivity index (χ1) is 8.84. The maximum Gasteiger partial charge on any atom is 0.0506 e. The second kappa shape index (κ2) is 8.13. The highest BCUT2D eigenvalue weighted by molar-refractivity contribution is 4.71. The van der Waals surface area contributed by atoms with Crippen LogP contribution in [0.3, 0.4) is 0 Å². The molecule has 0 spiro atoms. The van der Waals surface area contributed by atoms with Crippen molar-refractivity contribution in [2.75, 3.05) is 45.9 Å². The summed E-state index contributed by atoms with van der Waals surface area (Å²) in [7, 11) is 0. The smallest absolute Gasteiger partial charge is 0.0506 e. The van der Waals surface area contributed by atoms with Gasteiger partial charge in [-0.2, -0.15) is 0 Å². The fraction of sp³-hybridized carbons (Fsp3) is 1.00. The van der Waals surface area contributed by atoms with Gasteiger partial charge in [-0.25, -0.2) is 0 Å². The monoisotopic (exact) mass is 254 g/mol. The summed E-state index contributed by atoms with van der Waals surface area (Å²) in [6.45, 7) is 10.5. The number of piperidine rings is 1. The van der Waals surface area contributed by atoms with E-state index in [1.165, 1.54) is 51.7 Å². The number of nitrogens with zero attached hydrogens (tertiary/aromatic N) is 1. The number of hydrogen-bond acceptors (Lipinski definition) is 3. The second-order valence-electron chi connectivity index (χ2n) is 6.21. The van der Waals surface area contributed by atoms with Gasteiger partial charge in [0.15, 0.2) is 0 Å². The van der Waals surface area contributed by atoms with Crippen LogP contribution in [0.25, 0.3) is 0 Å². The quantitative estimate of drug-likeness (QED) is 0.786. The molecule has 3 heteroatoms. The van der Waals surface area contributed by atoms with E-state index in [4.69, 9.17) is 4.74 Å². The van der Waals surface area contributed by atoms with E-state index in [2.05, 4.69) is 17.1 Å². The standard InChI is InChI=1S/C15H30N2O/c1-14(12-17-7-3-2-4-8-17)10-16-11-15-6-5-9-18-13-15/h14-16H,2-13H2,1H3. The van der Waals surface area contributed by atoms with E-state index in [9.17, 15) is 0 Å². The fourth-order valence-electron chi connectivity index (χ4n) is 3.15. The molecule has 2 rings (SSSR count). The summed E-state index contributed by atoms with van der Waals surface area (Å²) < 4.78 is 5.51. The molecule has 0 radical (unpaired) electrons. The topological polar surface area (TPSA) is 24.5 Å². The van der Waals surface area contributed by atoms with E-state index in [1.54, 1.807) is 0 Å². The minimum atomic E-state index is 0.751. The lowest BCUT2D eigenvalue weighted by Gasteiger charge is -2.29. The van der Waals surface area contributed by atoms with Crippen LogP contribution in [0, 0.1) is 11.8 Å². The molecule has 2 heterocycles. The highest BCUT2D eigenvalue weighted by Crippen LogP contribution is 2.13. The third-order valence-electron chi connectivity index (χ3n) is 4.20. The van der Waals surface area contributed by atoms with Crippen LogP contribution in [0.2, 0.25) is 0 Å². The first-order valence-corrected chi connectivity index (χ1v) is 7.85. The van der Waals surface area contributed by atoms with Crippen molar-refractivity contribution in [1.29, 1.82) is 0 Å². The summed E-state index contributed by atoms with van der Waals surface area (Å²) >= 11 is 0. The zero-order valence-corrected chi connectivity index (χ0v) is 12.0. The molecule has 2 atom stereocenters. The second-order valence-corrected chi connectivity index (χ2v) is 6.21. The van der Waals surface area contributed by atoms with E-state index in [1.807, 2.05) is 0 Å². The summed E-state index contributed by atoms with van der Waals surface area (Å²) in [5.41, 5.74) is 0. The van der Waals surface area contributed by atoms with Gasteiger partial charge < -0.3 is 15.0 Å². The predicted octanol–water partition coefficient (Wildman–Crippen LogP) is 2.12. The number of nitrogens with one attached hydrogen (secondary N) is 1. The summed E-state index contributed by atoms with van der Waals surface area (Å²) in [5.74, 6) is 1.52. The van der Waals surface area contributed by atoms with Crippen LogP contribution in [0.5, 0.6) is 0 Å². The molecule has 0 bridgehead atoms. The summed E-state index contributed by atoms with van der Waals surface area (Å²) in [6, 6.07) is 0. The molecule has 106 valence electrons. The van der Waals surface area contributed by atoms with Crippen molar-refractivity contribution < 1.29 is 4.74 Å². The van der Waals surface area contributed by atoms with Gasteiger partial charge in [-0.3, -0.25) is 0 Å². The van der Waals surface area contributed by atoms with E-state index in [-0.39, 0.29) is 0 Å². The Kier molecular flexibility index (Phi) is 6.46. The molecule has 2 aliphatic rings. The van der Waals surface area contributed by atoms with Crippen LogP contribution in [0.4, 0.5) is 0 Å². The SMILES string of the molecule is CC(CNCC1CCCOC1)CN1CCCCC1. The van der Waals surface area contributed by atoms with E-state index >= 15 is 0 Å². The lowest BCUT2D eigenvalue weighted by molar-refractivity contribution is 0.0544. The zero-order valence-electron chi connectivity index (χ0n) is 12.0. The molecule has 0 aromatic rings. The largest absolute Gasteiger partial charge is 0.381 e. The summed E-state index contributed by atoms with van der Waals surface area (Å²) in [6.07, 6.45) is 6.83. The van der Waals surface area contributed by atoms with Gasteiger partial charge in [-0.1, -0.05) is 13.3 Å². The van der Waals surface area contributed by atoms with Crippen molar-refractivity contribution in [3.05, 3.63) is 0 Å². The lowest BCUT2D eigenvalue weighted by atomic mass is 10.0. The Hall–Kier alpha value is -0.120. The molecular weight excluding hydrogens is 224 g/mol. The Balaban J connectivity index is 1.52. The highest BCUT2D eigenvalue weighted by atomic mass is 16.5. The van der Waals surface area contributed by atoms with Gasteiger partial charge in [0, 0.05) is 19.7 Å². The van der Waals surface area contributed by atoms with Gasteiger partial charge in [-0.05, 0) is 57.2 Å². The van der Waals surface area contributed by atoms with E-state index in [0.29, 0.717) is 0 Å². The first-order valence-electron chi connectivity index (χ1n) is 7.85. The van der Waals surface area contributed by atoms with Gasteiger partial charge in [0.05, 0.1) is 6.61 Å². The van der Waals surface area contributed by atoms with Crippen molar-refractivity contribution in [3.63, 3.8) is 0 Å². The van der Waals surface area contributed by atoms with Crippen LogP contribution in [-0.4, -0.2) is 50.8 Å². The molecular formula is C15H30N2O. The minimum Gasteiger partial charge on any atom is -0.381 e. The minimum absolute atomic E-state index is 0.751. The van der Waals surface area contributed by atoms with Crippen LogP contribution < -0.4 is 5.32 Å². The Morgan fingerprint density at radius 2 is 2.06 bits per heavy atom. The third-order valence-corrected chi connectivity index (χ3v) is 4.20. The molecule has 3 nitrogen and oxygen atoms in total. The maximum absolute atomic E-state index is 5.51. The molecule has 0 aromatic carbocycles. The van der Waals surface area contributed by atoms with Crippen molar-refractivity contribution >= 4 is 0 Å². The lowest BCUT2D eigenvalue weighted by Crippen LogP contribution is -2.38. The molecule has 2 aliphatic heterocycles. The molecule has 1 N–H and O–H groups in total. The van der Waals surface area contributed by atoms with E-state index < -0.39 is 0 Å². The van der Waals surface area contributed by atoms with Gasteiger partial charge >= 0.3 is 0 Å². The number of likely N-dealkylation sites (tertiary alicyclic amines) is 1. The summed E-state index contributed by atoms with van der Waals surface area (Å²) in [5, 5.41) is 3.64. The molecule has 2 unspecified atom stereocenters. The van der Waals surface area contributed by atoms with E-state index in [0.717, 1.165) is 38.1 Å². The number of ether oxygens (including phenoxy) is 1. The van der Waals surface area contributed by atoms with Crippen LogP contribution in [0.1, 0.15) is 39.0 Å². The molecule has 0 aromatic heterocycles. The van der Waals surface area contributed by atoms with Gasteiger partial charge in [-0.15, -0.1) is 0 Å². The average Bonchev–Trinajstić information content (AvgIpc) is 2.41. The van der Waals surface area contributed by atoms with Crippen molar-refractivity contribution in [2.45, 2.75) is 39.0 Å². The summed E-state index contributed by atoms with van der Waals surface area (Å²) in [4.78, 5) is 2.64. The molecule has 0 saturated carbocycles. The van der Waals surface area contributed by atoms with Crippen molar-refractivity contribution in [1.82, 2.24) is 10.2 Å². The predicted molar refractivity (Wildman–Crippen MR) is 75.9 cm³/mol. The fourth-order valence-corrected chi connectivity index (χ4v) is 3.15. The number of rotatable bonds is 6.